The molecule has 0 saturated carbocycles. The van der Waals surface area contributed by atoms with Crippen LogP contribution in [0.1, 0.15) is 11.1 Å². The van der Waals surface area contributed by atoms with Gasteiger partial charge in [0.1, 0.15) is 11.9 Å². The van der Waals surface area contributed by atoms with Crippen LogP contribution in [0, 0.1) is 0 Å². The fourth-order valence-electron chi connectivity index (χ4n) is 2.90. The standard InChI is InChI=1S/C17H12Cl2N6O2/c1-26-15-16(27-2)24-14-11(23-15)6-10(18)13(19)12(14)17(21-8-22-25-17)9-4-3-5-20-7-9/h3-8H,1-2H3. The van der Waals surface area contributed by atoms with E-state index in [4.69, 9.17) is 32.7 Å². The highest BCUT2D eigenvalue weighted by Gasteiger charge is 2.41. The molecule has 8 nitrogen and oxygen atoms in total. The molecule has 4 rings (SSSR count). The van der Waals surface area contributed by atoms with E-state index in [-0.39, 0.29) is 21.8 Å². The number of ether oxygens (including phenoxy) is 2. The number of benzene rings is 1. The van der Waals surface area contributed by atoms with Gasteiger partial charge in [0.25, 0.3) is 11.8 Å². The minimum atomic E-state index is -1.28. The normalized spacial score (nSPS) is 18.2. The zero-order valence-corrected chi connectivity index (χ0v) is 15.7. The maximum absolute atomic E-state index is 6.59. The second-order valence-electron chi connectivity index (χ2n) is 5.53. The molecule has 0 bridgehead atoms. The van der Waals surface area contributed by atoms with E-state index in [1.807, 2.05) is 6.07 Å². The van der Waals surface area contributed by atoms with Gasteiger partial charge in [0.05, 0.1) is 35.3 Å². The zero-order chi connectivity index (χ0) is 19.0. The molecule has 0 amide bonds. The van der Waals surface area contributed by atoms with Gasteiger partial charge in [0.2, 0.25) is 5.66 Å². The van der Waals surface area contributed by atoms with Crippen LogP contribution in [0.4, 0.5) is 0 Å². The molecule has 3 aromatic rings. The Morgan fingerprint density at radius 2 is 1.85 bits per heavy atom. The molecule has 0 N–H and O–H groups in total. The number of hydrogen-bond donors (Lipinski definition) is 0. The Morgan fingerprint density at radius 1 is 1.07 bits per heavy atom. The molecule has 0 saturated heterocycles. The van der Waals surface area contributed by atoms with Gasteiger partial charge in [-0.05, 0) is 12.1 Å². The highest BCUT2D eigenvalue weighted by Crippen LogP contribution is 2.46. The summed E-state index contributed by atoms with van der Waals surface area (Å²) in [7, 11) is 2.95. The highest BCUT2D eigenvalue weighted by atomic mass is 35.5. The molecule has 1 aromatic carbocycles. The van der Waals surface area contributed by atoms with Crippen molar-refractivity contribution in [3.63, 3.8) is 0 Å². The van der Waals surface area contributed by atoms with Crippen molar-refractivity contribution in [2.45, 2.75) is 5.66 Å². The summed E-state index contributed by atoms with van der Waals surface area (Å²) in [5.41, 5.74) is 0.694. The van der Waals surface area contributed by atoms with E-state index >= 15 is 0 Å². The number of nitrogens with zero attached hydrogens (tertiary/aromatic N) is 6. The molecule has 27 heavy (non-hydrogen) atoms. The summed E-state index contributed by atoms with van der Waals surface area (Å²) in [4.78, 5) is 17.6. The van der Waals surface area contributed by atoms with Crippen LogP contribution in [0.5, 0.6) is 11.8 Å². The van der Waals surface area contributed by atoms with Crippen LogP contribution >= 0.6 is 23.2 Å². The molecule has 2 aromatic heterocycles. The largest absolute Gasteiger partial charge is 0.477 e. The summed E-state index contributed by atoms with van der Waals surface area (Å²) >= 11 is 13.0. The van der Waals surface area contributed by atoms with Crippen LogP contribution < -0.4 is 9.47 Å². The third-order valence-corrected chi connectivity index (χ3v) is 4.88. The molecule has 1 aliphatic rings. The summed E-state index contributed by atoms with van der Waals surface area (Å²) < 4.78 is 10.5. The number of pyridine rings is 1. The first-order chi connectivity index (χ1) is 13.1. The Balaban J connectivity index is 2.13. The summed E-state index contributed by atoms with van der Waals surface area (Å²) in [6.45, 7) is 0. The van der Waals surface area contributed by atoms with Crippen LogP contribution in [0.25, 0.3) is 11.0 Å². The Bertz CT molecular complexity index is 1080. The first-order valence-corrected chi connectivity index (χ1v) is 8.50. The molecule has 1 aliphatic heterocycles. The Kier molecular flexibility index (Phi) is 4.37. The van der Waals surface area contributed by atoms with Crippen molar-refractivity contribution in [2.75, 3.05) is 14.2 Å². The number of rotatable bonds is 4. The molecule has 0 aliphatic carbocycles. The Labute approximate surface area is 163 Å². The number of azo groups is 1. The van der Waals surface area contributed by atoms with E-state index in [0.29, 0.717) is 22.2 Å². The van der Waals surface area contributed by atoms with Crippen molar-refractivity contribution in [3.05, 3.63) is 51.8 Å². The number of halogens is 2. The minimum Gasteiger partial charge on any atom is -0.477 e. The molecule has 0 fully saturated rings. The van der Waals surface area contributed by atoms with Crippen molar-refractivity contribution in [3.8, 4) is 11.8 Å². The van der Waals surface area contributed by atoms with Crippen molar-refractivity contribution >= 4 is 40.6 Å². The topological polar surface area (TPSA) is 94.2 Å². The summed E-state index contributed by atoms with van der Waals surface area (Å²) in [6, 6.07) is 5.20. The van der Waals surface area contributed by atoms with Gasteiger partial charge in [-0.25, -0.2) is 15.0 Å². The quantitative estimate of drug-likeness (QED) is 0.655. The number of aromatic nitrogens is 3. The fraction of sp³-hybridized carbons (Fsp3) is 0.176. The number of hydrogen-bond acceptors (Lipinski definition) is 8. The van der Waals surface area contributed by atoms with Gasteiger partial charge in [0, 0.05) is 18.0 Å². The number of methoxy groups -OCH3 is 2. The Morgan fingerprint density at radius 3 is 2.48 bits per heavy atom. The van der Waals surface area contributed by atoms with Crippen molar-refractivity contribution in [1.82, 2.24) is 15.0 Å². The van der Waals surface area contributed by atoms with E-state index in [1.165, 1.54) is 20.6 Å². The van der Waals surface area contributed by atoms with Gasteiger partial charge in [0.15, 0.2) is 0 Å². The fourth-order valence-corrected chi connectivity index (χ4v) is 3.37. The lowest BCUT2D eigenvalue weighted by molar-refractivity contribution is 0.334. The number of aliphatic imine (C=N–C) groups is 1. The molecular weight excluding hydrogens is 391 g/mol. The monoisotopic (exact) mass is 402 g/mol. The second kappa shape index (κ2) is 6.71. The smallest absolute Gasteiger partial charge is 0.278 e. The lowest BCUT2D eigenvalue weighted by Crippen LogP contribution is -2.22. The average Bonchev–Trinajstić information content (AvgIpc) is 3.19. The van der Waals surface area contributed by atoms with E-state index < -0.39 is 5.66 Å². The molecule has 1 unspecified atom stereocenters. The zero-order valence-electron chi connectivity index (χ0n) is 14.2. The van der Waals surface area contributed by atoms with Gasteiger partial charge in [-0.1, -0.05) is 29.3 Å². The van der Waals surface area contributed by atoms with Crippen molar-refractivity contribution in [1.29, 1.82) is 0 Å². The third kappa shape index (κ3) is 2.68. The van der Waals surface area contributed by atoms with Gasteiger partial charge >= 0.3 is 0 Å². The van der Waals surface area contributed by atoms with Crippen LogP contribution in [-0.4, -0.2) is 35.5 Å². The predicted molar refractivity (Wildman–Crippen MR) is 101 cm³/mol. The van der Waals surface area contributed by atoms with Crippen molar-refractivity contribution in [2.24, 2.45) is 15.2 Å². The second-order valence-corrected chi connectivity index (χ2v) is 6.32. The Hall–Kier alpha value is -2.84. The van der Waals surface area contributed by atoms with Gasteiger partial charge in [-0.2, -0.15) is 0 Å². The molecular formula is C17H12Cl2N6O2. The van der Waals surface area contributed by atoms with Gasteiger partial charge in [-0.15, -0.1) is 10.2 Å². The average molecular weight is 403 g/mol. The summed E-state index contributed by atoms with van der Waals surface area (Å²) in [6.07, 6.45) is 4.64. The van der Waals surface area contributed by atoms with Crippen LogP contribution in [0.15, 0.2) is 45.8 Å². The van der Waals surface area contributed by atoms with E-state index in [2.05, 4.69) is 30.2 Å². The van der Waals surface area contributed by atoms with Gasteiger partial charge < -0.3 is 9.47 Å². The van der Waals surface area contributed by atoms with Crippen LogP contribution in [-0.2, 0) is 5.66 Å². The highest BCUT2D eigenvalue weighted by molar-refractivity contribution is 6.43. The van der Waals surface area contributed by atoms with Gasteiger partial charge in [-0.3, -0.25) is 4.98 Å². The molecule has 3 heterocycles. The van der Waals surface area contributed by atoms with E-state index in [1.54, 1.807) is 24.5 Å². The van der Waals surface area contributed by atoms with E-state index in [9.17, 15) is 0 Å². The minimum absolute atomic E-state index is 0.199. The first kappa shape index (κ1) is 17.6. The molecule has 10 heteroatoms. The molecule has 0 spiro atoms. The molecule has 1 atom stereocenters. The van der Waals surface area contributed by atoms with E-state index in [0.717, 1.165) is 0 Å². The maximum Gasteiger partial charge on any atom is 0.278 e. The maximum atomic E-state index is 6.59. The molecule has 0 radical (unpaired) electrons. The summed E-state index contributed by atoms with van der Waals surface area (Å²) in [5.74, 6) is 0.422. The molecule has 136 valence electrons. The first-order valence-electron chi connectivity index (χ1n) is 7.75. The predicted octanol–water partition coefficient (Wildman–Crippen LogP) is 4.04. The van der Waals surface area contributed by atoms with Crippen LogP contribution in [0.2, 0.25) is 10.0 Å². The van der Waals surface area contributed by atoms with Crippen molar-refractivity contribution < 1.29 is 9.47 Å². The third-order valence-electron chi connectivity index (χ3n) is 4.09. The summed E-state index contributed by atoms with van der Waals surface area (Å²) in [5, 5.41) is 8.80. The SMILES string of the molecule is COc1nc2cc(Cl)c(Cl)c(C3(c4cccnc4)N=CN=N3)c2nc1OC. The lowest BCUT2D eigenvalue weighted by Gasteiger charge is -2.25. The lowest BCUT2D eigenvalue weighted by atomic mass is 9.92. The van der Waals surface area contributed by atoms with Crippen LogP contribution in [0.3, 0.4) is 0 Å². The number of fused-ring (bicyclic) bond motifs is 1.